The number of carbonyl (C=O) groups is 1. The molecular formula is C14H15FN2O2S. The highest BCUT2D eigenvalue weighted by Crippen LogP contribution is 2.24. The minimum atomic E-state index is -0.328. The Hall–Kier alpha value is -1.92. The number of carbonyl (C=O) groups excluding carboxylic acids is 1. The van der Waals surface area contributed by atoms with E-state index < -0.39 is 0 Å². The smallest absolute Gasteiger partial charge is 0.275 e. The van der Waals surface area contributed by atoms with E-state index in [0.29, 0.717) is 16.2 Å². The molecule has 1 aromatic carbocycles. The lowest BCUT2D eigenvalue weighted by Gasteiger charge is -2.06. The summed E-state index contributed by atoms with van der Waals surface area (Å²) in [6.07, 6.45) is 0. The molecule has 0 aliphatic rings. The molecule has 0 spiro atoms. The molecular weight excluding hydrogens is 279 g/mol. The van der Waals surface area contributed by atoms with E-state index in [0.717, 1.165) is 10.4 Å². The molecule has 2 rings (SSSR count). The van der Waals surface area contributed by atoms with Crippen molar-refractivity contribution in [2.24, 2.45) is 5.84 Å². The normalized spacial score (nSPS) is 10.4. The van der Waals surface area contributed by atoms with Crippen LogP contribution in [0.15, 0.2) is 24.3 Å². The number of benzene rings is 1. The molecule has 0 aliphatic carbocycles. The highest BCUT2D eigenvalue weighted by Gasteiger charge is 2.12. The van der Waals surface area contributed by atoms with Crippen LogP contribution in [0.3, 0.4) is 0 Å². The predicted molar refractivity (Wildman–Crippen MR) is 76.2 cm³/mol. The van der Waals surface area contributed by atoms with Gasteiger partial charge in [-0.1, -0.05) is 6.07 Å². The minimum absolute atomic E-state index is 0.280. The van der Waals surface area contributed by atoms with Crippen LogP contribution in [0.25, 0.3) is 0 Å². The largest absolute Gasteiger partial charge is 0.489 e. The molecule has 2 aromatic rings. The van der Waals surface area contributed by atoms with E-state index in [1.807, 2.05) is 6.92 Å². The van der Waals surface area contributed by atoms with Crippen LogP contribution in [0.1, 0.15) is 25.7 Å². The number of rotatable bonds is 4. The van der Waals surface area contributed by atoms with Gasteiger partial charge in [0.2, 0.25) is 0 Å². The van der Waals surface area contributed by atoms with Crippen LogP contribution in [-0.4, -0.2) is 5.91 Å². The Balaban J connectivity index is 2.08. The van der Waals surface area contributed by atoms with Gasteiger partial charge in [0.1, 0.15) is 18.2 Å². The molecule has 1 amide bonds. The molecule has 6 heteroatoms. The highest BCUT2D eigenvalue weighted by molar-refractivity contribution is 7.14. The van der Waals surface area contributed by atoms with Crippen molar-refractivity contribution in [3.8, 4) is 5.75 Å². The summed E-state index contributed by atoms with van der Waals surface area (Å²) < 4.78 is 18.9. The van der Waals surface area contributed by atoms with E-state index in [4.69, 9.17) is 10.6 Å². The van der Waals surface area contributed by atoms with Crippen molar-refractivity contribution >= 4 is 17.2 Å². The number of amides is 1. The average Bonchev–Trinajstić information content (AvgIpc) is 2.80. The maximum atomic E-state index is 13.4. The van der Waals surface area contributed by atoms with Crippen molar-refractivity contribution in [3.05, 3.63) is 51.0 Å². The molecule has 106 valence electrons. The molecule has 0 saturated carbocycles. The number of hydrazine groups is 1. The average molecular weight is 294 g/mol. The van der Waals surface area contributed by atoms with Gasteiger partial charge in [-0.3, -0.25) is 10.2 Å². The second kappa shape index (κ2) is 6.02. The van der Waals surface area contributed by atoms with Crippen molar-refractivity contribution in [2.75, 3.05) is 0 Å². The summed E-state index contributed by atoms with van der Waals surface area (Å²) in [6, 6.07) is 6.46. The summed E-state index contributed by atoms with van der Waals surface area (Å²) in [5.41, 5.74) is 3.55. The number of ether oxygens (including phenoxy) is 1. The highest BCUT2D eigenvalue weighted by atomic mass is 32.1. The third kappa shape index (κ3) is 3.15. The monoisotopic (exact) mass is 294 g/mol. The number of hydrogen-bond acceptors (Lipinski definition) is 4. The summed E-state index contributed by atoms with van der Waals surface area (Å²) in [5, 5.41) is 0. The minimum Gasteiger partial charge on any atom is -0.489 e. The SMILES string of the molecule is Cc1ccc(OCc2cc(C(=O)NN)sc2C)cc1F. The van der Waals surface area contributed by atoms with Gasteiger partial charge >= 0.3 is 0 Å². The van der Waals surface area contributed by atoms with Crippen molar-refractivity contribution in [1.82, 2.24) is 5.43 Å². The molecule has 4 nitrogen and oxygen atoms in total. The van der Waals surface area contributed by atoms with Crippen molar-refractivity contribution in [3.63, 3.8) is 0 Å². The second-order valence-electron chi connectivity index (χ2n) is 4.37. The van der Waals surface area contributed by atoms with Crippen molar-refractivity contribution in [1.29, 1.82) is 0 Å². The molecule has 0 bridgehead atoms. The first kappa shape index (κ1) is 14.5. The summed E-state index contributed by atoms with van der Waals surface area (Å²) in [4.78, 5) is 12.9. The van der Waals surface area contributed by atoms with E-state index in [9.17, 15) is 9.18 Å². The summed E-state index contributed by atoms with van der Waals surface area (Å²) >= 11 is 1.34. The molecule has 1 aromatic heterocycles. The Morgan fingerprint density at radius 1 is 1.40 bits per heavy atom. The maximum Gasteiger partial charge on any atom is 0.275 e. The number of hydrogen-bond donors (Lipinski definition) is 2. The number of nitrogens with two attached hydrogens (primary N) is 1. The summed E-state index contributed by atoms with van der Waals surface area (Å²) in [6.45, 7) is 3.87. The number of aryl methyl sites for hydroxylation is 2. The third-order valence-electron chi connectivity index (χ3n) is 2.91. The summed E-state index contributed by atoms with van der Waals surface area (Å²) in [7, 11) is 0. The lowest BCUT2D eigenvalue weighted by molar-refractivity contribution is 0.0957. The van der Waals surface area contributed by atoms with Crippen LogP contribution >= 0.6 is 11.3 Å². The molecule has 0 radical (unpaired) electrons. The van der Waals surface area contributed by atoms with Gasteiger partial charge in [-0.25, -0.2) is 10.2 Å². The fourth-order valence-electron chi connectivity index (χ4n) is 1.67. The Labute approximate surface area is 120 Å². The lowest BCUT2D eigenvalue weighted by Crippen LogP contribution is -2.29. The zero-order chi connectivity index (χ0) is 14.7. The first-order valence-corrected chi connectivity index (χ1v) is 6.82. The van der Waals surface area contributed by atoms with Gasteiger partial charge in [0, 0.05) is 16.5 Å². The number of thiophene rings is 1. The zero-order valence-corrected chi connectivity index (χ0v) is 12.0. The molecule has 0 aliphatic heterocycles. The Morgan fingerprint density at radius 3 is 2.80 bits per heavy atom. The fraction of sp³-hybridized carbons (Fsp3) is 0.214. The van der Waals surface area contributed by atoms with E-state index in [2.05, 4.69) is 5.43 Å². The standard InChI is InChI=1S/C14H15FN2O2S/c1-8-3-4-11(6-12(8)15)19-7-10-5-13(14(18)17-16)20-9(10)2/h3-6H,7,16H2,1-2H3,(H,17,18). The number of nitrogen functional groups attached to an aromatic ring is 1. The van der Waals surface area contributed by atoms with Gasteiger partial charge in [-0.05, 0) is 31.5 Å². The van der Waals surface area contributed by atoms with Gasteiger partial charge in [0.05, 0.1) is 4.88 Å². The van der Waals surface area contributed by atoms with Crippen LogP contribution in [-0.2, 0) is 6.61 Å². The zero-order valence-electron chi connectivity index (χ0n) is 11.2. The maximum absolute atomic E-state index is 13.4. The predicted octanol–water partition coefficient (Wildman–Crippen LogP) is 2.69. The molecule has 0 unspecified atom stereocenters. The molecule has 0 atom stereocenters. The van der Waals surface area contributed by atoms with Crippen molar-refractivity contribution < 1.29 is 13.9 Å². The van der Waals surface area contributed by atoms with Crippen LogP contribution in [0.5, 0.6) is 5.75 Å². The summed E-state index contributed by atoms with van der Waals surface area (Å²) in [5.74, 6) is 4.93. The third-order valence-corrected chi connectivity index (χ3v) is 4.00. The number of halogens is 1. The fourth-order valence-corrected chi connectivity index (χ4v) is 2.60. The van der Waals surface area contributed by atoms with Gasteiger partial charge in [0.25, 0.3) is 5.91 Å². The van der Waals surface area contributed by atoms with Crippen molar-refractivity contribution in [2.45, 2.75) is 20.5 Å². The molecule has 1 heterocycles. The Kier molecular flexibility index (Phi) is 4.36. The molecule has 3 N–H and O–H groups in total. The van der Waals surface area contributed by atoms with Crippen LogP contribution in [0, 0.1) is 19.7 Å². The van der Waals surface area contributed by atoms with Crippen LogP contribution < -0.4 is 16.0 Å². The first-order chi connectivity index (χ1) is 9.51. The van der Waals surface area contributed by atoms with Crippen LogP contribution in [0.2, 0.25) is 0 Å². The van der Waals surface area contributed by atoms with E-state index in [1.165, 1.54) is 17.4 Å². The number of nitrogens with one attached hydrogen (secondary N) is 1. The van der Waals surface area contributed by atoms with Gasteiger partial charge in [0.15, 0.2) is 0 Å². The van der Waals surface area contributed by atoms with E-state index in [1.54, 1.807) is 25.1 Å². The van der Waals surface area contributed by atoms with Gasteiger partial charge in [-0.2, -0.15) is 0 Å². The topological polar surface area (TPSA) is 64.3 Å². The van der Waals surface area contributed by atoms with Gasteiger partial charge in [-0.15, -0.1) is 11.3 Å². The Morgan fingerprint density at radius 2 is 2.15 bits per heavy atom. The Bertz CT molecular complexity index is 640. The quantitative estimate of drug-likeness (QED) is 0.517. The lowest BCUT2D eigenvalue weighted by atomic mass is 10.2. The van der Waals surface area contributed by atoms with E-state index in [-0.39, 0.29) is 18.3 Å². The second-order valence-corrected chi connectivity index (χ2v) is 5.62. The van der Waals surface area contributed by atoms with Crippen LogP contribution in [0.4, 0.5) is 4.39 Å². The first-order valence-electron chi connectivity index (χ1n) is 6.00. The molecule has 20 heavy (non-hydrogen) atoms. The van der Waals surface area contributed by atoms with Gasteiger partial charge < -0.3 is 4.74 Å². The molecule has 0 saturated heterocycles. The van der Waals surface area contributed by atoms with E-state index >= 15 is 0 Å². The molecule has 0 fully saturated rings.